The van der Waals surface area contributed by atoms with E-state index in [4.69, 9.17) is 0 Å². The minimum atomic E-state index is -0.113. The van der Waals surface area contributed by atoms with Crippen LogP contribution in [-0.4, -0.2) is 29.4 Å². The Hall–Kier alpha value is -2.89. The second-order valence-electron chi connectivity index (χ2n) is 7.46. The summed E-state index contributed by atoms with van der Waals surface area (Å²) in [5.74, 6) is 0.792. The van der Waals surface area contributed by atoms with Crippen LogP contribution >= 0.6 is 0 Å². The fraction of sp³-hybridized carbons (Fsp3) is 0.409. The number of hydrogen-bond donors (Lipinski definition) is 2. The standard InChI is InChI=1S/C22H28N4O2/c1-6-23-22(28)17-8-9-19-18(11-17)21(14(3)15(4)26(19)16(5)27)25-20-10-7-13(2)12-24-20/h7-12,14-15,21H,6H2,1-5H3,(H,23,28)(H,24,25). The number of aryl methyl sites for hydroxylation is 1. The molecule has 2 N–H and O–H groups in total. The van der Waals surface area contributed by atoms with Gasteiger partial charge in [-0.15, -0.1) is 0 Å². The van der Waals surface area contributed by atoms with Gasteiger partial charge in [0.25, 0.3) is 5.91 Å². The Balaban J connectivity index is 2.07. The third-order valence-corrected chi connectivity index (χ3v) is 5.47. The number of carbonyl (C=O) groups is 2. The maximum Gasteiger partial charge on any atom is 0.251 e. The predicted molar refractivity (Wildman–Crippen MR) is 112 cm³/mol. The summed E-state index contributed by atoms with van der Waals surface area (Å²) in [7, 11) is 0. The van der Waals surface area contributed by atoms with Crippen LogP contribution in [0.4, 0.5) is 11.5 Å². The molecule has 0 bridgehead atoms. The summed E-state index contributed by atoms with van der Waals surface area (Å²) in [5.41, 5.74) is 3.47. The van der Waals surface area contributed by atoms with Gasteiger partial charge in [0.1, 0.15) is 5.82 Å². The van der Waals surface area contributed by atoms with Crippen molar-refractivity contribution in [3.05, 3.63) is 53.2 Å². The number of nitrogens with zero attached hydrogens (tertiary/aromatic N) is 2. The lowest BCUT2D eigenvalue weighted by atomic mass is 9.82. The number of amides is 2. The maximum atomic E-state index is 12.4. The molecule has 1 aliphatic rings. The Labute approximate surface area is 166 Å². The molecule has 0 spiro atoms. The summed E-state index contributed by atoms with van der Waals surface area (Å²) in [6.45, 7) is 10.2. The minimum absolute atomic E-state index is 0.00160. The Morgan fingerprint density at radius 3 is 2.54 bits per heavy atom. The zero-order valence-corrected chi connectivity index (χ0v) is 17.1. The van der Waals surface area contributed by atoms with Gasteiger partial charge in [-0.1, -0.05) is 13.0 Å². The van der Waals surface area contributed by atoms with Crippen molar-refractivity contribution in [3.63, 3.8) is 0 Å². The van der Waals surface area contributed by atoms with Crippen molar-refractivity contribution >= 4 is 23.3 Å². The van der Waals surface area contributed by atoms with Crippen molar-refractivity contribution in [2.24, 2.45) is 5.92 Å². The van der Waals surface area contributed by atoms with Gasteiger partial charge < -0.3 is 15.5 Å². The summed E-state index contributed by atoms with van der Waals surface area (Å²) in [5, 5.41) is 6.36. The van der Waals surface area contributed by atoms with E-state index in [9.17, 15) is 9.59 Å². The molecule has 0 radical (unpaired) electrons. The molecule has 148 valence electrons. The molecular formula is C22H28N4O2. The van der Waals surface area contributed by atoms with Gasteiger partial charge in [0, 0.05) is 42.9 Å². The van der Waals surface area contributed by atoms with Crippen molar-refractivity contribution in [2.75, 3.05) is 16.8 Å². The van der Waals surface area contributed by atoms with E-state index in [0.29, 0.717) is 12.1 Å². The van der Waals surface area contributed by atoms with E-state index in [0.717, 1.165) is 22.6 Å². The van der Waals surface area contributed by atoms with Crippen LogP contribution in [0, 0.1) is 12.8 Å². The summed E-state index contributed by atoms with van der Waals surface area (Å²) in [6, 6.07) is 9.47. The van der Waals surface area contributed by atoms with Gasteiger partial charge in [0.2, 0.25) is 5.91 Å². The van der Waals surface area contributed by atoms with E-state index in [2.05, 4.69) is 29.5 Å². The number of nitrogens with one attached hydrogen (secondary N) is 2. The minimum Gasteiger partial charge on any atom is -0.363 e. The average molecular weight is 380 g/mol. The number of aromatic nitrogens is 1. The lowest BCUT2D eigenvalue weighted by molar-refractivity contribution is -0.117. The summed E-state index contributed by atoms with van der Waals surface area (Å²) in [4.78, 5) is 31.0. The van der Waals surface area contributed by atoms with Crippen molar-refractivity contribution in [2.45, 2.75) is 46.7 Å². The second-order valence-corrected chi connectivity index (χ2v) is 7.46. The molecule has 3 atom stereocenters. The molecule has 1 aliphatic heterocycles. The molecule has 6 heteroatoms. The monoisotopic (exact) mass is 380 g/mol. The summed E-state index contributed by atoms with van der Waals surface area (Å²) < 4.78 is 0. The van der Waals surface area contributed by atoms with Crippen LogP contribution in [0.3, 0.4) is 0 Å². The first-order valence-corrected chi connectivity index (χ1v) is 9.74. The van der Waals surface area contributed by atoms with Gasteiger partial charge >= 0.3 is 0 Å². The fourth-order valence-corrected chi connectivity index (χ4v) is 3.82. The van der Waals surface area contributed by atoms with E-state index in [1.807, 2.05) is 49.2 Å². The summed E-state index contributed by atoms with van der Waals surface area (Å²) in [6.07, 6.45) is 1.83. The fourth-order valence-electron chi connectivity index (χ4n) is 3.82. The van der Waals surface area contributed by atoms with Crippen LogP contribution in [0.2, 0.25) is 0 Å². The van der Waals surface area contributed by atoms with Crippen molar-refractivity contribution in [1.82, 2.24) is 10.3 Å². The lowest BCUT2D eigenvalue weighted by Gasteiger charge is -2.44. The molecule has 0 fully saturated rings. The third-order valence-electron chi connectivity index (χ3n) is 5.47. The lowest BCUT2D eigenvalue weighted by Crippen LogP contribution is -2.48. The van der Waals surface area contributed by atoms with E-state index < -0.39 is 0 Å². The molecule has 28 heavy (non-hydrogen) atoms. The number of pyridine rings is 1. The molecule has 3 unspecified atom stereocenters. The van der Waals surface area contributed by atoms with E-state index in [1.165, 1.54) is 0 Å². The molecule has 0 aliphatic carbocycles. The molecule has 2 heterocycles. The number of carbonyl (C=O) groups excluding carboxylic acids is 2. The SMILES string of the molecule is CCNC(=O)c1ccc2c(c1)C(Nc1ccc(C)cn1)C(C)C(C)N2C(C)=O. The van der Waals surface area contributed by atoms with Gasteiger partial charge in [0.05, 0.1) is 6.04 Å². The Kier molecular flexibility index (Phi) is 5.68. The number of hydrogen-bond acceptors (Lipinski definition) is 4. The van der Waals surface area contributed by atoms with E-state index in [1.54, 1.807) is 13.0 Å². The predicted octanol–water partition coefficient (Wildman–Crippen LogP) is 3.68. The first-order chi connectivity index (χ1) is 13.3. The molecule has 2 amide bonds. The van der Waals surface area contributed by atoms with Crippen molar-refractivity contribution in [1.29, 1.82) is 0 Å². The Bertz CT molecular complexity index is 879. The number of fused-ring (bicyclic) bond motifs is 1. The molecule has 0 saturated heterocycles. The van der Waals surface area contributed by atoms with Crippen LogP contribution in [0.1, 0.15) is 55.2 Å². The first kappa shape index (κ1) is 19.9. The molecule has 2 aromatic rings. The first-order valence-electron chi connectivity index (χ1n) is 9.74. The van der Waals surface area contributed by atoms with Crippen LogP contribution in [0.5, 0.6) is 0 Å². The molecule has 3 rings (SSSR count). The topological polar surface area (TPSA) is 74.3 Å². The van der Waals surface area contributed by atoms with E-state index in [-0.39, 0.29) is 29.8 Å². The number of anilines is 2. The Morgan fingerprint density at radius 2 is 1.93 bits per heavy atom. The zero-order chi connectivity index (χ0) is 20.4. The molecular weight excluding hydrogens is 352 g/mol. The van der Waals surface area contributed by atoms with Crippen LogP contribution in [-0.2, 0) is 4.79 Å². The van der Waals surface area contributed by atoms with Gasteiger partial charge in [-0.2, -0.15) is 0 Å². The molecule has 0 saturated carbocycles. The zero-order valence-electron chi connectivity index (χ0n) is 17.1. The molecule has 6 nitrogen and oxygen atoms in total. The molecule has 1 aromatic heterocycles. The quantitative estimate of drug-likeness (QED) is 0.848. The Morgan fingerprint density at radius 1 is 1.18 bits per heavy atom. The summed E-state index contributed by atoms with van der Waals surface area (Å²) >= 11 is 0. The van der Waals surface area contributed by atoms with Gasteiger partial charge in [-0.3, -0.25) is 9.59 Å². The highest BCUT2D eigenvalue weighted by Gasteiger charge is 2.38. The number of rotatable bonds is 4. The molecule has 1 aromatic carbocycles. The second kappa shape index (κ2) is 8.00. The van der Waals surface area contributed by atoms with Crippen molar-refractivity contribution in [3.8, 4) is 0 Å². The van der Waals surface area contributed by atoms with Gasteiger partial charge in [0.15, 0.2) is 0 Å². The van der Waals surface area contributed by atoms with Crippen LogP contribution in [0.25, 0.3) is 0 Å². The smallest absolute Gasteiger partial charge is 0.251 e. The highest BCUT2D eigenvalue weighted by atomic mass is 16.2. The van der Waals surface area contributed by atoms with Crippen LogP contribution < -0.4 is 15.5 Å². The maximum absolute atomic E-state index is 12.4. The van der Waals surface area contributed by atoms with Gasteiger partial charge in [-0.05, 0) is 56.2 Å². The highest BCUT2D eigenvalue weighted by molar-refractivity contribution is 5.97. The average Bonchev–Trinajstić information content (AvgIpc) is 2.66. The third kappa shape index (κ3) is 3.72. The van der Waals surface area contributed by atoms with E-state index >= 15 is 0 Å². The highest BCUT2D eigenvalue weighted by Crippen LogP contribution is 2.42. The van der Waals surface area contributed by atoms with Crippen molar-refractivity contribution < 1.29 is 9.59 Å². The van der Waals surface area contributed by atoms with Crippen LogP contribution in [0.15, 0.2) is 36.5 Å². The largest absolute Gasteiger partial charge is 0.363 e. The van der Waals surface area contributed by atoms with Gasteiger partial charge in [-0.25, -0.2) is 4.98 Å². The normalized spacial score (nSPS) is 21.0. The number of benzene rings is 1.